The summed E-state index contributed by atoms with van der Waals surface area (Å²) in [7, 11) is 0. The number of unbranched alkanes of at least 4 members (excludes halogenated alkanes) is 1. The third kappa shape index (κ3) is 5.24. The van der Waals surface area contributed by atoms with Crippen LogP contribution in [0.4, 0.5) is 0 Å². The molecule has 5 heteroatoms. The topological polar surface area (TPSA) is 58.2 Å². The zero-order chi connectivity index (χ0) is 16.7. The van der Waals surface area contributed by atoms with Gasteiger partial charge >= 0.3 is 0 Å². The number of benzene rings is 1. The highest BCUT2D eigenvalue weighted by Crippen LogP contribution is 2.31. The van der Waals surface area contributed by atoms with E-state index in [0.717, 1.165) is 31.6 Å². The minimum Gasteiger partial charge on any atom is -0.273 e. The second-order valence-corrected chi connectivity index (χ2v) is 6.69. The molecule has 0 aliphatic heterocycles. The van der Waals surface area contributed by atoms with E-state index in [1.807, 2.05) is 0 Å². The highest BCUT2D eigenvalue weighted by Gasteiger charge is 2.26. The SMILES string of the molecule is CCCCC1CCC(C(=O)NNC(=O)c2ccccc2Cl)CC1. The van der Waals surface area contributed by atoms with Crippen LogP contribution in [0.25, 0.3) is 0 Å². The van der Waals surface area contributed by atoms with Gasteiger partial charge in [-0.2, -0.15) is 0 Å². The Labute approximate surface area is 143 Å². The van der Waals surface area contributed by atoms with Crippen molar-refractivity contribution in [3.8, 4) is 0 Å². The van der Waals surface area contributed by atoms with Crippen molar-refractivity contribution in [3.05, 3.63) is 34.9 Å². The van der Waals surface area contributed by atoms with Gasteiger partial charge in [-0.3, -0.25) is 20.4 Å². The lowest BCUT2D eigenvalue weighted by atomic mass is 9.79. The summed E-state index contributed by atoms with van der Waals surface area (Å²) >= 11 is 5.97. The van der Waals surface area contributed by atoms with Gasteiger partial charge < -0.3 is 0 Å². The number of amides is 2. The lowest BCUT2D eigenvalue weighted by Gasteiger charge is -2.27. The summed E-state index contributed by atoms with van der Waals surface area (Å²) in [4.78, 5) is 24.2. The molecule has 1 fully saturated rings. The quantitative estimate of drug-likeness (QED) is 0.795. The molecule has 0 spiro atoms. The van der Waals surface area contributed by atoms with Crippen molar-refractivity contribution in [2.45, 2.75) is 51.9 Å². The Hall–Kier alpha value is -1.55. The number of nitrogens with one attached hydrogen (secondary N) is 2. The first-order valence-corrected chi connectivity index (χ1v) is 8.84. The molecule has 1 aromatic rings. The number of rotatable bonds is 5. The van der Waals surface area contributed by atoms with Gasteiger partial charge in [0.15, 0.2) is 0 Å². The number of carbonyl (C=O) groups is 2. The Bertz CT molecular complexity index is 540. The first-order valence-electron chi connectivity index (χ1n) is 8.46. The maximum atomic E-state index is 12.2. The van der Waals surface area contributed by atoms with Crippen LogP contribution in [0.3, 0.4) is 0 Å². The Balaban J connectivity index is 1.75. The van der Waals surface area contributed by atoms with E-state index in [1.165, 1.54) is 19.3 Å². The molecule has 2 N–H and O–H groups in total. The Morgan fingerprint density at radius 3 is 2.48 bits per heavy atom. The first kappa shape index (κ1) is 17.8. The number of hydrazine groups is 1. The fraction of sp³-hybridized carbons (Fsp3) is 0.556. The van der Waals surface area contributed by atoms with E-state index in [2.05, 4.69) is 17.8 Å². The van der Waals surface area contributed by atoms with Crippen molar-refractivity contribution in [2.75, 3.05) is 0 Å². The van der Waals surface area contributed by atoms with E-state index >= 15 is 0 Å². The summed E-state index contributed by atoms with van der Waals surface area (Å²) in [6, 6.07) is 6.77. The monoisotopic (exact) mass is 336 g/mol. The second-order valence-electron chi connectivity index (χ2n) is 6.28. The lowest BCUT2D eigenvalue weighted by Crippen LogP contribution is -2.45. The van der Waals surface area contributed by atoms with Crippen LogP contribution >= 0.6 is 11.6 Å². The number of hydrogen-bond donors (Lipinski definition) is 2. The summed E-state index contributed by atoms with van der Waals surface area (Å²) < 4.78 is 0. The van der Waals surface area contributed by atoms with Crippen molar-refractivity contribution in [1.82, 2.24) is 10.9 Å². The highest BCUT2D eigenvalue weighted by atomic mass is 35.5. The van der Waals surface area contributed by atoms with Crippen LogP contribution in [0.5, 0.6) is 0 Å². The predicted octanol–water partition coefficient (Wildman–Crippen LogP) is 4.10. The van der Waals surface area contributed by atoms with E-state index < -0.39 is 0 Å². The molecule has 0 atom stereocenters. The average Bonchev–Trinajstić information content (AvgIpc) is 2.58. The summed E-state index contributed by atoms with van der Waals surface area (Å²) in [6.07, 6.45) is 7.80. The standard InChI is InChI=1S/C18H25ClN2O2/c1-2-3-6-13-9-11-14(12-10-13)17(22)20-21-18(23)15-7-4-5-8-16(15)19/h4-5,7-8,13-14H,2-3,6,9-12H2,1H3,(H,20,22)(H,21,23). The van der Waals surface area contributed by atoms with Crippen LogP contribution in [0.2, 0.25) is 5.02 Å². The molecule has 0 aromatic heterocycles. The smallest absolute Gasteiger partial charge is 0.271 e. The number of carbonyl (C=O) groups excluding carboxylic acids is 2. The van der Waals surface area contributed by atoms with Crippen molar-refractivity contribution in [1.29, 1.82) is 0 Å². The maximum Gasteiger partial charge on any atom is 0.271 e. The van der Waals surface area contributed by atoms with Crippen molar-refractivity contribution in [3.63, 3.8) is 0 Å². The maximum absolute atomic E-state index is 12.2. The zero-order valence-corrected chi connectivity index (χ0v) is 14.4. The van der Waals surface area contributed by atoms with Gasteiger partial charge in [0.05, 0.1) is 10.6 Å². The van der Waals surface area contributed by atoms with Crippen molar-refractivity contribution in [2.24, 2.45) is 11.8 Å². The molecule has 1 aliphatic rings. The van der Waals surface area contributed by atoms with Gasteiger partial charge in [-0.05, 0) is 43.7 Å². The lowest BCUT2D eigenvalue weighted by molar-refractivity contribution is -0.127. The van der Waals surface area contributed by atoms with Gasteiger partial charge in [-0.25, -0.2) is 0 Å². The largest absolute Gasteiger partial charge is 0.273 e. The van der Waals surface area contributed by atoms with Crippen LogP contribution in [-0.4, -0.2) is 11.8 Å². The highest BCUT2D eigenvalue weighted by molar-refractivity contribution is 6.33. The van der Waals surface area contributed by atoms with E-state index in [0.29, 0.717) is 10.6 Å². The fourth-order valence-corrected chi connectivity index (χ4v) is 3.36. The number of halogens is 1. The number of hydrogen-bond acceptors (Lipinski definition) is 2. The minimum atomic E-state index is -0.388. The third-order valence-electron chi connectivity index (χ3n) is 4.60. The van der Waals surface area contributed by atoms with E-state index in [4.69, 9.17) is 11.6 Å². The van der Waals surface area contributed by atoms with E-state index in [-0.39, 0.29) is 17.7 Å². The molecule has 126 valence electrons. The molecule has 0 bridgehead atoms. The van der Waals surface area contributed by atoms with Crippen molar-refractivity contribution < 1.29 is 9.59 Å². The fourth-order valence-electron chi connectivity index (χ4n) is 3.14. The average molecular weight is 337 g/mol. The Morgan fingerprint density at radius 1 is 1.13 bits per heavy atom. The van der Waals surface area contributed by atoms with Crippen LogP contribution in [0, 0.1) is 11.8 Å². The summed E-state index contributed by atoms with van der Waals surface area (Å²) in [5, 5.41) is 0.371. The van der Waals surface area contributed by atoms with Gasteiger partial charge in [0.25, 0.3) is 5.91 Å². The predicted molar refractivity (Wildman–Crippen MR) is 92.0 cm³/mol. The molecule has 0 unspecified atom stereocenters. The molecule has 2 rings (SSSR count). The molecule has 0 radical (unpaired) electrons. The Morgan fingerprint density at radius 2 is 1.83 bits per heavy atom. The van der Waals surface area contributed by atoms with Crippen molar-refractivity contribution >= 4 is 23.4 Å². The molecule has 23 heavy (non-hydrogen) atoms. The third-order valence-corrected chi connectivity index (χ3v) is 4.93. The van der Waals surface area contributed by atoms with Gasteiger partial charge in [0, 0.05) is 5.92 Å². The van der Waals surface area contributed by atoms with Crippen LogP contribution in [0.1, 0.15) is 62.2 Å². The van der Waals surface area contributed by atoms with Gasteiger partial charge in [0.1, 0.15) is 0 Å². The molecular weight excluding hydrogens is 312 g/mol. The molecule has 0 heterocycles. The normalized spacial score (nSPS) is 20.8. The molecule has 0 saturated heterocycles. The van der Waals surface area contributed by atoms with E-state index in [9.17, 15) is 9.59 Å². The van der Waals surface area contributed by atoms with Gasteiger partial charge in [0.2, 0.25) is 5.91 Å². The van der Waals surface area contributed by atoms with E-state index in [1.54, 1.807) is 24.3 Å². The summed E-state index contributed by atoms with van der Waals surface area (Å²) in [5.41, 5.74) is 5.36. The molecule has 4 nitrogen and oxygen atoms in total. The van der Waals surface area contributed by atoms with Gasteiger partial charge in [-0.15, -0.1) is 0 Å². The Kier molecular flexibility index (Phi) is 6.90. The minimum absolute atomic E-state index is 0.000535. The summed E-state index contributed by atoms with van der Waals surface area (Å²) in [6.45, 7) is 2.21. The molecule has 1 aromatic carbocycles. The molecular formula is C18H25ClN2O2. The molecule has 1 aliphatic carbocycles. The van der Waals surface area contributed by atoms with Crippen LogP contribution < -0.4 is 10.9 Å². The second kappa shape index (κ2) is 8.92. The zero-order valence-electron chi connectivity index (χ0n) is 13.6. The van der Waals surface area contributed by atoms with Crippen LogP contribution in [0.15, 0.2) is 24.3 Å². The van der Waals surface area contributed by atoms with Crippen LogP contribution in [-0.2, 0) is 4.79 Å². The molecule has 1 saturated carbocycles. The van der Waals surface area contributed by atoms with Gasteiger partial charge in [-0.1, -0.05) is 49.9 Å². The summed E-state index contributed by atoms with van der Waals surface area (Å²) in [5.74, 6) is 0.274. The first-order chi connectivity index (χ1) is 11.1. The molecule has 2 amide bonds.